The number of imidazole rings is 1. The van der Waals surface area contributed by atoms with Crippen LogP contribution in [0.2, 0.25) is 0 Å². The molecule has 25 heavy (non-hydrogen) atoms. The lowest BCUT2D eigenvalue weighted by molar-refractivity contribution is -0.114. The third-order valence-corrected chi connectivity index (χ3v) is 4.35. The van der Waals surface area contributed by atoms with Crippen LogP contribution in [0.15, 0.2) is 55.1 Å². The first-order chi connectivity index (χ1) is 12.2. The number of ether oxygens (including phenoxy) is 1. The normalized spacial score (nSPS) is 14.4. The van der Waals surface area contributed by atoms with Crippen LogP contribution in [0.1, 0.15) is 18.9 Å². The van der Waals surface area contributed by atoms with Gasteiger partial charge in [0, 0.05) is 24.4 Å². The Balaban J connectivity index is 1.83. The lowest BCUT2D eigenvalue weighted by Gasteiger charge is -2.16. The van der Waals surface area contributed by atoms with Crippen LogP contribution in [-0.4, -0.2) is 28.5 Å². The summed E-state index contributed by atoms with van der Waals surface area (Å²) in [6.07, 6.45) is 8.82. The third-order valence-electron chi connectivity index (χ3n) is 4.35. The zero-order valence-electron chi connectivity index (χ0n) is 14.0. The number of hydrogen-bond donors (Lipinski definition) is 1. The topological polar surface area (TPSA) is 55.6 Å². The van der Waals surface area contributed by atoms with Gasteiger partial charge in [0.1, 0.15) is 0 Å². The molecule has 0 spiro atoms. The Labute approximate surface area is 146 Å². The molecule has 0 saturated carbocycles. The average molecular weight is 333 g/mol. The molecule has 5 nitrogen and oxygen atoms in total. The molecule has 0 atom stereocenters. The highest BCUT2D eigenvalue weighted by molar-refractivity contribution is 5.90. The van der Waals surface area contributed by atoms with E-state index in [1.165, 1.54) is 18.1 Å². The second-order valence-corrected chi connectivity index (χ2v) is 6.14. The highest BCUT2D eigenvalue weighted by Crippen LogP contribution is 2.31. The minimum Gasteiger partial charge on any atom is -0.377 e. The molecule has 5 heteroatoms. The average Bonchev–Trinajstić information content (AvgIpc) is 3.10. The van der Waals surface area contributed by atoms with E-state index < -0.39 is 0 Å². The molecule has 1 aliphatic rings. The molecule has 1 aromatic carbocycles. The third kappa shape index (κ3) is 3.19. The first-order valence-electron chi connectivity index (χ1n) is 8.31. The molecule has 1 aliphatic heterocycles. The van der Waals surface area contributed by atoms with Gasteiger partial charge in [-0.25, -0.2) is 4.98 Å². The Bertz CT molecular complexity index is 972. The van der Waals surface area contributed by atoms with Crippen LogP contribution < -0.4 is 5.32 Å². The number of benzene rings is 1. The fraction of sp³-hybridized carbons (Fsp3) is 0.200. The Morgan fingerprint density at radius 2 is 2.20 bits per heavy atom. The second-order valence-electron chi connectivity index (χ2n) is 6.14. The van der Waals surface area contributed by atoms with Crippen molar-refractivity contribution in [1.29, 1.82) is 0 Å². The van der Waals surface area contributed by atoms with Crippen LogP contribution in [-0.2, 0) is 9.53 Å². The number of anilines is 1. The highest BCUT2D eigenvalue weighted by Gasteiger charge is 2.13. The molecule has 4 rings (SSSR count). The van der Waals surface area contributed by atoms with E-state index in [4.69, 9.17) is 4.74 Å². The number of pyridine rings is 1. The largest absolute Gasteiger partial charge is 0.377 e. The SMILES string of the molecule is CC(=O)Nc1cccc(-c2cc(C3=CCOCC3)c3cncn3c2)c1. The zero-order chi connectivity index (χ0) is 17.2. The van der Waals surface area contributed by atoms with Gasteiger partial charge in [0.05, 0.1) is 31.3 Å². The van der Waals surface area contributed by atoms with Crippen molar-refractivity contribution in [3.8, 4) is 11.1 Å². The van der Waals surface area contributed by atoms with Crippen molar-refractivity contribution < 1.29 is 9.53 Å². The van der Waals surface area contributed by atoms with Gasteiger partial charge in [-0.15, -0.1) is 0 Å². The van der Waals surface area contributed by atoms with Gasteiger partial charge < -0.3 is 14.5 Å². The van der Waals surface area contributed by atoms with Gasteiger partial charge in [-0.2, -0.15) is 0 Å². The molecule has 1 N–H and O–H groups in total. The number of fused-ring (bicyclic) bond motifs is 1. The minimum atomic E-state index is -0.0738. The van der Waals surface area contributed by atoms with Crippen molar-refractivity contribution in [2.24, 2.45) is 0 Å². The van der Waals surface area contributed by atoms with Crippen LogP contribution in [0.5, 0.6) is 0 Å². The number of nitrogens with zero attached hydrogens (tertiary/aromatic N) is 2. The van der Waals surface area contributed by atoms with Crippen LogP contribution in [0.4, 0.5) is 5.69 Å². The molecule has 0 saturated heterocycles. The van der Waals surface area contributed by atoms with E-state index in [9.17, 15) is 4.79 Å². The van der Waals surface area contributed by atoms with E-state index in [1.54, 1.807) is 0 Å². The number of carbonyl (C=O) groups is 1. The summed E-state index contributed by atoms with van der Waals surface area (Å²) < 4.78 is 7.49. The molecule has 0 radical (unpaired) electrons. The first kappa shape index (κ1) is 15.6. The minimum absolute atomic E-state index is 0.0738. The van der Waals surface area contributed by atoms with Crippen LogP contribution in [0, 0.1) is 0 Å². The maximum absolute atomic E-state index is 11.3. The van der Waals surface area contributed by atoms with Gasteiger partial charge in [-0.05, 0) is 41.3 Å². The Morgan fingerprint density at radius 1 is 1.28 bits per heavy atom. The molecular formula is C20H19N3O2. The molecule has 0 aliphatic carbocycles. The lowest BCUT2D eigenvalue weighted by Crippen LogP contribution is -2.06. The molecule has 1 amide bonds. The Kier molecular flexibility index (Phi) is 4.07. The van der Waals surface area contributed by atoms with E-state index >= 15 is 0 Å². The van der Waals surface area contributed by atoms with Gasteiger partial charge in [-0.3, -0.25) is 4.79 Å². The zero-order valence-corrected chi connectivity index (χ0v) is 14.0. The van der Waals surface area contributed by atoms with Crippen molar-refractivity contribution >= 4 is 22.7 Å². The molecule has 126 valence electrons. The van der Waals surface area contributed by atoms with Gasteiger partial charge in [0.15, 0.2) is 0 Å². The predicted molar refractivity (Wildman–Crippen MR) is 98.3 cm³/mol. The maximum Gasteiger partial charge on any atom is 0.221 e. The van der Waals surface area contributed by atoms with Crippen molar-refractivity contribution in [3.05, 3.63) is 60.7 Å². The number of rotatable bonds is 3. The van der Waals surface area contributed by atoms with Gasteiger partial charge in [0.25, 0.3) is 0 Å². The van der Waals surface area contributed by atoms with Gasteiger partial charge in [0.2, 0.25) is 5.91 Å². The second kappa shape index (κ2) is 6.53. The van der Waals surface area contributed by atoms with Crippen LogP contribution in [0.25, 0.3) is 22.2 Å². The summed E-state index contributed by atoms with van der Waals surface area (Å²) in [6.45, 7) is 2.91. The van der Waals surface area contributed by atoms with E-state index in [1.807, 2.05) is 41.2 Å². The number of hydrogen-bond acceptors (Lipinski definition) is 3. The van der Waals surface area contributed by atoms with E-state index in [0.717, 1.165) is 35.4 Å². The van der Waals surface area contributed by atoms with E-state index in [0.29, 0.717) is 6.61 Å². The summed E-state index contributed by atoms with van der Waals surface area (Å²) in [4.78, 5) is 15.6. The monoisotopic (exact) mass is 333 g/mol. The van der Waals surface area contributed by atoms with E-state index in [-0.39, 0.29) is 5.91 Å². The molecule has 3 aromatic rings. The molecule has 0 fully saturated rings. The van der Waals surface area contributed by atoms with Crippen molar-refractivity contribution in [2.45, 2.75) is 13.3 Å². The summed E-state index contributed by atoms with van der Waals surface area (Å²) >= 11 is 0. The van der Waals surface area contributed by atoms with Gasteiger partial charge in [-0.1, -0.05) is 18.2 Å². The van der Waals surface area contributed by atoms with Gasteiger partial charge >= 0.3 is 0 Å². The first-order valence-corrected chi connectivity index (χ1v) is 8.31. The number of nitrogens with one attached hydrogen (secondary N) is 1. The summed E-state index contributed by atoms with van der Waals surface area (Å²) in [5.41, 5.74) is 6.49. The highest BCUT2D eigenvalue weighted by atomic mass is 16.5. The van der Waals surface area contributed by atoms with Crippen LogP contribution >= 0.6 is 0 Å². The maximum atomic E-state index is 11.3. The summed E-state index contributed by atoms with van der Waals surface area (Å²) in [6, 6.07) is 10.1. The Hall–Kier alpha value is -2.92. The molecule has 3 heterocycles. The fourth-order valence-electron chi connectivity index (χ4n) is 3.20. The number of carbonyl (C=O) groups excluding carboxylic acids is 1. The van der Waals surface area contributed by atoms with Crippen LogP contribution in [0.3, 0.4) is 0 Å². The van der Waals surface area contributed by atoms with Crippen molar-refractivity contribution in [3.63, 3.8) is 0 Å². The van der Waals surface area contributed by atoms with Crippen molar-refractivity contribution in [1.82, 2.24) is 9.38 Å². The standard InChI is InChI=1S/C20H19N3O2/c1-14(24)22-18-4-2-3-16(9-18)17-10-19(15-5-7-25-8-6-15)20-11-21-13-23(20)12-17/h2-5,9-13H,6-8H2,1H3,(H,22,24). The molecule has 0 unspecified atom stereocenters. The molecule has 2 aromatic heterocycles. The molecule has 0 bridgehead atoms. The van der Waals surface area contributed by atoms with Crippen molar-refractivity contribution in [2.75, 3.05) is 18.5 Å². The van der Waals surface area contributed by atoms with E-state index in [2.05, 4.69) is 28.6 Å². The summed E-state index contributed by atoms with van der Waals surface area (Å²) in [7, 11) is 0. The number of aromatic nitrogens is 2. The smallest absolute Gasteiger partial charge is 0.221 e. The quantitative estimate of drug-likeness (QED) is 0.794. The fourth-order valence-corrected chi connectivity index (χ4v) is 3.20. The molecular weight excluding hydrogens is 314 g/mol. The Morgan fingerprint density at radius 3 is 3.00 bits per heavy atom. The lowest BCUT2D eigenvalue weighted by atomic mass is 9.97. The summed E-state index contributed by atoms with van der Waals surface area (Å²) in [5.74, 6) is -0.0738. The predicted octanol–water partition coefficient (Wildman–Crippen LogP) is 3.76. The summed E-state index contributed by atoms with van der Waals surface area (Å²) in [5, 5.41) is 2.84. The number of amides is 1.